The molecule has 7 heteroatoms. The molecule has 2 atom stereocenters. The van der Waals surface area contributed by atoms with Gasteiger partial charge in [-0.3, -0.25) is 14.4 Å². The van der Waals surface area contributed by atoms with Crippen molar-refractivity contribution in [1.82, 2.24) is 4.90 Å². The van der Waals surface area contributed by atoms with E-state index in [1.165, 1.54) is 51.4 Å². The summed E-state index contributed by atoms with van der Waals surface area (Å²) >= 11 is 0. The minimum atomic E-state index is -0.379. The molecule has 47 heavy (non-hydrogen) atoms. The Morgan fingerprint density at radius 3 is 1.81 bits per heavy atom. The third kappa shape index (κ3) is 26.3. The number of piperidine rings is 1. The predicted octanol–water partition coefficient (Wildman–Crippen LogP) is 9.69. The fraction of sp³-hybridized carbons (Fsp3) is 0.775. The smallest absolute Gasteiger partial charge is 0.307 e. The van der Waals surface area contributed by atoms with E-state index in [-0.39, 0.29) is 43.6 Å². The number of carbonyl (C=O) groups excluding carboxylic acids is 3. The van der Waals surface area contributed by atoms with Gasteiger partial charge in [-0.2, -0.15) is 0 Å². The quantitative estimate of drug-likeness (QED) is 0.0329. The van der Waals surface area contributed by atoms with Gasteiger partial charge in [-0.15, -0.1) is 6.58 Å². The second-order valence-corrected chi connectivity index (χ2v) is 13.2. The number of hydrogen-bond acceptors (Lipinski definition) is 7. The van der Waals surface area contributed by atoms with Gasteiger partial charge < -0.3 is 19.1 Å². The molecule has 0 N–H and O–H groups in total. The highest BCUT2D eigenvalue weighted by Crippen LogP contribution is 2.17. The molecule has 0 spiro atoms. The van der Waals surface area contributed by atoms with Crippen molar-refractivity contribution in [3.8, 4) is 0 Å². The van der Waals surface area contributed by atoms with E-state index in [2.05, 4.69) is 49.6 Å². The molecule has 7 nitrogen and oxygen atoms in total. The Bertz CT molecular complexity index is 863. The van der Waals surface area contributed by atoms with Crippen molar-refractivity contribution >= 4 is 17.9 Å². The molecule has 0 aromatic heterocycles. The van der Waals surface area contributed by atoms with Crippen molar-refractivity contribution in [3.05, 3.63) is 37.0 Å². The van der Waals surface area contributed by atoms with E-state index in [0.717, 1.165) is 77.3 Å². The molecule has 0 radical (unpaired) electrons. The zero-order valence-corrected chi connectivity index (χ0v) is 30.2. The lowest BCUT2D eigenvalue weighted by Crippen LogP contribution is -2.32. The maximum atomic E-state index is 12.5. The van der Waals surface area contributed by atoms with Crippen LogP contribution in [-0.2, 0) is 28.6 Å². The molecule has 1 saturated heterocycles. The highest BCUT2D eigenvalue weighted by atomic mass is 16.6. The fourth-order valence-corrected chi connectivity index (χ4v) is 5.77. The van der Waals surface area contributed by atoms with E-state index in [1.54, 1.807) is 0 Å². The SMILES string of the molecule is C=CCC(CC)CCCC(=O)OCC(COC(=O)CCCCCCC/C=C\C/C=C\CCCCC)COC(=O)CCN1CCCCC1. The van der Waals surface area contributed by atoms with Crippen LogP contribution in [0.1, 0.15) is 149 Å². The number of allylic oxidation sites excluding steroid dienone is 5. The van der Waals surface area contributed by atoms with Crippen LogP contribution in [0.2, 0.25) is 0 Å². The van der Waals surface area contributed by atoms with E-state index in [1.807, 2.05) is 6.08 Å². The molecule has 2 unspecified atom stereocenters. The summed E-state index contributed by atoms with van der Waals surface area (Å²) in [5.41, 5.74) is 0. The molecule has 0 amide bonds. The van der Waals surface area contributed by atoms with Crippen molar-refractivity contribution in [1.29, 1.82) is 0 Å². The molecular formula is C40H69NO6. The molecule has 0 bridgehead atoms. The lowest BCUT2D eigenvalue weighted by molar-refractivity contribution is -0.153. The summed E-state index contributed by atoms with van der Waals surface area (Å²) < 4.78 is 16.6. The molecule has 270 valence electrons. The van der Waals surface area contributed by atoms with Crippen molar-refractivity contribution in [2.45, 2.75) is 149 Å². The second-order valence-electron chi connectivity index (χ2n) is 13.2. The third-order valence-electron chi connectivity index (χ3n) is 8.92. The van der Waals surface area contributed by atoms with Crippen molar-refractivity contribution in [3.63, 3.8) is 0 Å². The maximum absolute atomic E-state index is 12.5. The van der Waals surface area contributed by atoms with E-state index in [0.29, 0.717) is 31.7 Å². The van der Waals surface area contributed by atoms with Crippen LogP contribution in [0.15, 0.2) is 37.0 Å². The number of rotatable bonds is 30. The molecule has 1 aliphatic rings. The summed E-state index contributed by atoms with van der Waals surface area (Å²) in [4.78, 5) is 39.6. The molecule has 1 aliphatic heterocycles. The van der Waals surface area contributed by atoms with Gasteiger partial charge in [0.25, 0.3) is 0 Å². The number of unbranched alkanes of at least 4 members (excludes halogenated alkanes) is 8. The number of ether oxygens (including phenoxy) is 3. The van der Waals surface area contributed by atoms with Crippen LogP contribution in [0.5, 0.6) is 0 Å². The van der Waals surface area contributed by atoms with Gasteiger partial charge >= 0.3 is 17.9 Å². The molecule has 0 aromatic carbocycles. The molecule has 1 heterocycles. The molecule has 0 saturated carbocycles. The van der Waals surface area contributed by atoms with Gasteiger partial charge in [-0.25, -0.2) is 0 Å². The molecular weight excluding hydrogens is 590 g/mol. The van der Waals surface area contributed by atoms with Crippen LogP contribution in [0.3, 0.4) is 0 Å². The van der Waals surface area contributed by atoms with E-state index in [9.17, 15) is 14.4 Å². The lowest BCUT2D eigenvalue weighted by atomic mass is 9.96. The number of carbonyl (C=O) groups is 3. The van der Waals surface area contributed by atoms with Crippen molar-refractivity contribution in [2.75, 3.05) is 39.5 Å². The van der Waals surface area contributed by atoms with Gasteiger partial charge in [-0.05, 0) is 89.6 Å². The van der Waals surface area contributed by atoms with Gasteiger partial charge in [0.05, 0.1) is 12.3 Å². The minimum Gasteiger partial charge on any atom is -0.465 e. The van der Waals surface area contributed by atoms with Gasteiger partial charge in [0.2, 0.25) is 0 Å². The third-order valence-corrected chi connectivity index (χ3v) is 8.92. The summed E-state index contributed by atoms with van der Waals surface area (Å²) in [5, 5.41) is 0. The van der Waals surface area contributed by atoms with Gasteiger partial charge in [0.15, 0.2) is 0 Å². The Morgan fingerprint density at radius 1 is 0.660 bits per heavy atom. The Hall–Kier alpha value is -2.41. The summed E-state index contributed by atoms with van der Waals surface area (Å²) in [7, 11) is 0. The minimum absolute atomic E-state index is 0.0685. The van der Waals surface area contributed by atoms with E-state index < -0.39 is 0 Å². The van der Waals surface area contributed by atoms with Crippen LogP contribution in [0, 0.1) is 11.8 Å². The lowest BCUT2D eigenvalue weighted by Gasteiger charge is -2.26. The van der Waals surface area contributed by atoms with Crippen LogP contribution in [0.4, 0.5) is 0 Å². The summed E-state index contributed by atoms with van der Waals surface area (Å²) in [5.74, 6) is -0.629. The zero-order chi connectivity index (χ0) is 34.2. The number of hydrogen-bond donors (Lipinski definition) is 0. The number of nitrogens with zero attached hydrogens (tertiary/aromatic N) is 1. The van der Waals surface area contributed by atoms with Gasteiger partial charge in [-0.1, -0.05) is 89.2 Å². The average Bonchev–Trinajstić information content (AvgIpc) is 3.08. The monoisotopic (exact) mass is 660 g/mol. The summed E-state index contributed by atoms with van der Waals surface area (Å²) in [6.45, 7) is 11.2. The molecule has 0 aliphatic carbocycles. The Morgan fingerprint density at radius 2 is 1.21 bits per heavy atom. The molecule has 1 fully saturated rings. The Balaban J connectivity index is 2.30. The van der Waals surface area contributed by atoms with E-state index in [4.69, 9.17) is 14.2 Å². The normalized spacial score (nSPS) is 15.1. The van der Waals surface area contributed by atoms with Crippen LogP contribution >= 0.6 is 0 Å². The topological polar surface area (TPSA) is 82.1 Å². The van der Waals surface area contributed by atoms with Gasteiger partial charge in [0, 0.05) is 19.4 Å². The first-order valence-electron chi connectivity index (χ1n) is 19.1. The highest BCUT2D eigenvalue weighted by Gasteiger charge is 2.19. The van der Waals surface area contributed by atoms with Crippen molar-refractivity contribution in [2.24, 2.45) is 11.8 Å². The largest absolute Gasteiger partial charge is 0.465 e. The van der Waals surface area contributed by atoms with Gasteiger partial charge in [0.1, 0.15) is 19.8 Å². The second kappa shape index (κ2) is 30.9. The van der Waals surface area contributed by atoms with Crippen molar-refractivity contribution < 1.29 is 28.6 Å². The first kappa shape index (κ1) is 42.6. The fourth-order valence-electron chi connectivity index (χ4n) is 5.77. The standard InChI is InChI=1S/C40H69NO6/c1-4-7-8-9-10-11-12-13-14-15-16-17-18-19-21-27-38(42)45-33-37(34-46-39(43)28-24-26-36(6-3)25-5-2)35-47-40(44)29-32-41-30-22-20-23-31-41/h5,10-11,13-14,36-37H,2,4,6-9,12,15-35H2,1,3H3/b11-10-,14-13-. The van der Waals surface area contributed by atoms with Crippen LogP contribution < -0.4 is 0 Å². The molecule has 1 rings (SSSR count). The Kier molecular flexibility index (Phi) is 28.0. The highest BCUT2D eigenvalue weighted by molar-refractivity contribution is 5.70. The van der Waals surface area contributed by atoms with E-state index >= 15 is 0 Å². The number of esters is 3. The van der Waals surface area contributed by atoms with Crippen LogP contribution in [0.25, 0.3) is 0 Å². The maximum Gasteiger partial charge on any atom is 0.307 e. The summed E-state index contributed by atoms with van der Waals surface area (Å²) in [6.07, 6.45) is 31.9. The van der Waals surface area contributed by atoms with Crippen LogP contribution in [-0.4, -0.2) is 62.3 Å². The predicted molar refractivity (Wildman–Crippen MR) is 193 cm³/mol. The number of likely N-dealkylation sites (tertiary alicyclic amines) is 1. The Labute approximate surface area is 287 Å². The zero-order valence-electron chi connectivity index (χ0n) is 30.2. The average molecular weight is 660 g/mol. The molecule has 0 aromatic rings. The summed E-state index contributed by atoms with van der Waals surface area (Å²) in [6, 6.07) is 0. The first-order chi connectivity index (χ1) is 23.0. The first-order valence-corrected chi connectivity index (χ1v) is 19.1.